The molecule has 6 rings (SSSR count). The lowest BCUT2D eigenvalue weighted by atomic mass is 9.61. The normalized spacial score (nSPS) is 39.9. The zero-order chi connectivity index (χ0) is 27.3. The predicted octanol–water partition coefficient (Wildman–Crippen LogP) is 6.81. The van der Waals surface area contributed by atoms with E-state index >= 15 is 0 Å². The van der Waals surface area contributed by atoms with Crippen molar-refractivity contribution in [2.24, 2.45) is 23.7 Å². The number of benzene rings is 1. The summed E-state index contributed by atoms with van der Waals surface area (Å²) in [6.45, 7) is 11.1. The van der Waals surface area contributed by atoms with E-state index in [1.165, 1.54) is 31.2 Å². The average molecular weight is 542 g/mol. The van der Waals surface area contributed by atoms with Crippen molar-refractivity contribution in [3.05, 3.63) is 29.8 Å². The lowest BCUT2D eigenvalue weighted by molar-refractivity contribution is -0.382. The maximum Gasteiger partial charge on any atom is 0.210 e. The molecule has 1 aromatic rings. The number of β-amino-alcohol motifs (C(OH)–C–C–N with tert-alkyl or cyclic N) is 1. The van der Waals surface area contributed by atoms with Crippen molar-refractivity contribution < 1.29 is 24.4 Å². The summed E-state index contributed by atoms with van der Waals surface area (Å²) in [6, 6.07) is 8.78. The quantitative estimate of drug-likeness (QED) is 0.399. The number of hydrogen-bond donors (Lipinski definition) is 1. The van der Waals surface area contributed by atoms with E-state index in [2.05, 4.69) is 43.0 Å². The largest absolute Gasteiger partial charge is 0.490 e. The third-order valence-electron chi connectivity index (χ3n) is 10.4. The molecule has 6 heteroatoms. The molecule has 218 valence electrons. The van der Waals surface area contributed by atoms with Gasteiger partial charge in [0.05, 0.1) is 5.60 Å². The number of hydrogen-bond acceptors (Lipinski definition) is 6. The van der Waals surface area contributed by atoms with Crippen LogP contribution < -0.4 is 4.74 Å². The van der Waals surface area contributed by atoms with Crippen LogP contribution in [0.3, 0.4) is 0 Å². The second kappa shape index (κ2) is 10.9. The van der Waals surface area contributed by atoms with E-state index in [1.807, 2.05) is 13.8 Å². The molecule has 2 spiro atoms. The van der Waals surface area contributed by atoms with Crippen molar-refractivity contribution in [3.63, 3.8) is 0 Å². The molecule has 0 radical (unpaired) electrons. The highest BCUT2D eigenvalue weighted by Crippen LogP contribution is 2.59. The van der Waals surface area contributed by atoms with Crippen LogP contribution >= 0.6 is 0 Å². The van der Waals surface area contributed by atoms with E-state index in [0.717, 1.165) is 82.2 Å². The van der Waals surface area contributed by atoms with Gasteiger partial charge in [0.15, 0.2) is 0 Å². The molecular weight excluding hydrogens is 490 g/mol. The molecule has 0 amide bonds. The Kier molecular flexibility index (Phi) is 7.82. The number of likely N-dealkylation sites (tertiary alicyclic amines) is 1. The molecule has 3 saturated carbocycles. The Morgan fingerprint density at radius 2 is 1.79 bits per heavy atom. The van der Waals surface area contributed by atoms with Crippen LogP contribution in [0, 0.1) is 23.7 Å². The van der Waals surface area contributed by atoms with E-state index in [-0.39, 0.29) is 6.10 Å². The number of nitrogens with zero attached hydrogens (tertiary/aromatic N) is 1. The van der Waals surface area contributed by atoms with Crippen LogP contribution in [0.15, 0.2) is 24.3 Å². The van der Waals surface area contributed by atoms with Gasteiger partial charge in [-0.3, -0.25) is 0 Å². The fourth-order valence-electron chi connectivity index (χ4n) is 8.78. The van der Waals surface area contributed by atoms with E-state index in [4.69, 9.17) is 19.2 Å². The molecule has 3 aliphatic carbocycles. The maximum atomic E-state index is 10.1. The van der Waals surface area contributed by atoms with Gasteiger partial charge in [0.25, 0.3) is 0 Å². The van der Waals surface area contributed by atoms with Gasteiger partial charge in [0, 0.05) is 44.3 Å². The molecular formula is C33H51NO5. The van der Waals surface area contributed by atoms with Crippen molar-refractivity contribution in [1.29, 1.82) is 0 Å². The lowest BCUT2D eigenvalue weighted by Gasteiger charge is -2.51. The Morgan fingerprint density at radius 3 is 2.51 bits per heavy atom. The van der Waals surface area contributed by atoms with Gasteiger partial charge in [-0.05, 0) is 107 Å². The maximum absolute atomic E-state index is 10.1. The second-order valence-corrected chi connectivity index (χ2v) is 14.4. The van der Waals surface area contributed by atoms with Crippen LogP contribution in [0.1, 0.15) is 110 Å². The Morgan fingerprint density at radius 1 is 1.03 bits per heavy atom. The van der Waals surface area contributed by atoms with Gasteiger partial charge >= 0.3 is 0 Å². The van der Waals surface area contributed by atoms with Crippen LogP contribution in [0.4, 0.5) is 0 Å². The van der Waals surface area contributed by atoms with Crippen LogP contribution in [0.5, 0.6) is 5.75 Å². The van der Waals surface area contributed by atoms with Gasteiger partial charge < -0.3 is 19.5 Å². The van der Waals surface area contributed by atoms with Crippen molar-refractivity contribution in [2.75, 3.05) is 19.6 Å². The Hall–Kier alpha value is -1.18. The molecule has 1 N–H and O–H groups in total. The highest BCUT2D eigenvalue weighted by molar-refractivity contribution is 5.30. The van der Waals surface area contributed by atoms with Crippen molar-refractivity contribution >= 4 is 0 Å². The first-order chi connectivity index (χ1) is 18.7. The first-order valence-corrected chi connectivity index (χ1v) is 15.9. The summed E-state index contributed by atoms with van der Waals surface area (Å²) < 4.78 is 13.4. The average Bonchev–Trinajstić information content (AvgIpc) is 3.26. The minimum atomic E-state index is -0.645. The molecule has 6 nitrogen and oxygen atoms in total. The molecule has 2 saturated heterocycles. The highest BCUT2D eigenvalue weighted by atomic mass is 17.3. The summed E-state index contributed by atoms with van der Waals surface area (Å²) in [5.74, 6) is 2.62. The van der Waals surface area contributed by atoms with E-state index in [1.54, 1.807) is 0 Å². The predicted molar refractivity (Wildman–Crippen MR) is 151 cm³/mol. The van der Waals surface area contributed by atoms with E-state index in [9.17, 15) is 5.11 Å². The molecule has 39 heavy (non-hydrogen) atoms. The molecule has 5 fully saturated rings. The Labute approximate surface area is 235 Å². The summed E-state index contributed by atoms with van der Waals surface area (Å²) in [6.07, 6.45) is 12.3. The summed E-state index contributed by atoms with van der Waals surface area (Å²) in [5.41, 5.74) is 0.699. The number of rotatable bonds is 6. The number of fused-ring (bicyclic) bond motifs is 3. The molecule has 0 aromatic heterocycles. The summed E-state index contributed by atoms with van der Waals surface area (Å²) in [7, 11) is 0. The van der Waals surface area contributed by atoms with Crippen molar-refractivity contribution in [3.8, 4) is 5.75 Å². The first-order valence-electron chi connectivity index (χ1n) is 15.9. The van der Waals surface area contributed by atoms with E-state index in [0.29, 0.717) is 17.8 Å². The van der Waals surface area contributed by atoms with Crippen LogP contribution in [-0.4, -0.2) is 52.9 Å². The summed E-state index contributed by atoms with van der Waals surface area (Å²) in [5, 5.41) is 10.1. The Bertz CT molecular complexity index is 967. The highest BCUT2D eigenvalue weighted by Gasteiger charge is 2.63. The fraction of sp³-hybridized carbons (Fsp3) is 0.818. The fourth-order valence-corrected chi connectivity index (χ4v) is 8.78. The van der Waals surface area contributed by atoms with Crippen LogP contribution in [-0.2, 0) is 14.5 Å². The lowest BCUT2D eigenvalue weighted by Crippen LogP contribution is -2.55. The van der Waals surface area contributed by atoms with Crippen LogP contribution in [0.2, 0.25) is 0 Å². The smallest absolute Gasteiger partial charge is 0.210 e. The second-order valence-electron chi connectivity index (χ2n) is 14.4. The number of ether oxygens (including phenoxy) is 2. The van der Waals surface area contributed by atoms with Crippen molar-refractivity contribution in [1.82, 2.24) is 4.90 Å². The number of piperidine rings is 1. The van der Waals surface area contributed by atoms with Gasteiger partial charge in [0.1, 0.15) is 11.9 Å². The molecule has 5 unspecified atom stereocenters. The summed E-state index contributed by atoms with van der Waals surface area (Å²) in [4.78, 5) is 15.0. The van der Waals surface area contributed by atoms with Gasteiger partial charge in [-0.25, -0.2) is 0 Å². The first kappa shape index (κ1) is 28.0. The molecule has 7 atom stereocenters. The Balaban J connectivity index is 1.07. The zero-order valence-corrected chi connectivity index (χ0v) is 24.7. The monoisotopic (exact) mass is 541 g/mol. The molecule has 5 aliphatic rings. The number of aliphatic hydroxyl groups is 1. The minimum Gasteiger partial charge on any atom is -0.490 e. The van der Waals surface area contributed by atoms with Gasteiger partial charge in [0.2, 0.25) is 11.6 Å². The van der Waals surface area contributed by atoms with Crippen molar-refractivity contribution in [2.45, 2.75) is 128 Å². The third kappa shape index (κ3) is 5.92. The summed E-state index contributed by atoms with van der Waals surface area (Å²) >= 11 is 0. The molecule has 2 heterocycles. The third-order valence-corrected chi connectivity index (χ3v) is 10.4. The topological polar surface area (TPSA) is 60.4 Å². The van der Waals surface area contributed by atoms with Crippen LogP contribution in [0.25, 0.3) is 0 Å². The molecule has 2 bridgehead atoms. The van der Waals surface area contributed by atoms with Gasteiger partial charge in [-0.2, -0.15) is 9.78 Å². The minimum absolute atomic E-state index is 0.240. The standard InChI is InChI=1S/C33H51NO5/c1-5-27-19-24-17-23(2)18-28(20-24)33(27)37-32(38-39-33)14-6-7-26(21-32)25-8-10-29(11-9-25)36-30-12-15-34(16-13-30)22-31(3,4)35/h8-11,23-24,26-28,30,35H,5-7,12-22H2,1-4H3/t23?,24?,26?,27?,28?,32-,33+/m1/s1. The van der Waals surface area contributed by atoms with Gasteiger partial charge in [-0.1, -0.05) is 26.0 Å². The van der Waals surface area contributed by atoms with Gasteiger partial charge in [-0.15, -0.1) is 0 Å². The zero-order valence-electron chi connectivity index (χ0n) is 24.7. The molecule has 2 aliphatic heterocycles. The van der Waals surface area contributed by atoms with E-state index < -0.39 is 17.2 Å². The molecule has 1 aromatic carbocycles. The SMILES string of the molecule is CCC1CC2CC(C)CC(C2)[C@@]12OO[C@@]1(CCCC(c3ccc(OC4CCN(CC(C)(C)O)CC4)cc3)C1)O2.